The quantitative estimate of drug-likeness (QED) is 0.510. The normalized spacial score (nSPS) is 24.7. The number of unbranched alkanes of at least 4 members (excludes halogenated alkanes) is 1. The van der Waals surface area contributed by atoms with Gasteiger partial charge in [0.2, 0.25) is 0 Å². The monoisotopic (exact) mass is 215 g/mol. The Morgan fingerprint density at radius 1 is 1.47 bits per heavy atom. The van der Waals surface area contributed by atoms with Crippen molar-refractivity contribution < 1.29 is 14.3 Å². The number of carbonyl (C=O) groups excluding carboxylic acids is 1. The van der Waals surface area contributed by atoms with E-state index in [1.165, 1.54) is 0 Å². The largest absolute Gasteiger partial charge is 0.464 e. The molecular weight excluding hydrogens is 194 g/mol. The number of carbonyl (C=O) groups is 1. The lowest BCUT2D eigenvalue weighted by atomic mass is 9.82. The van der Waals surface area contributed by atoms with Crippen LogP contribution in [0, 0.1) is 5.92 Å². The van der Waals surface area contributed by atoms with E-state index in [1.54, 1.807) is 0 Å². The minimum Gasteiger partial charge on any atom is -0.464 e. The molecule has 0 heterocycles. The van der Waals surface area contributed by atoms with E-state index in [4.69, 9.17) is 15.2 Å². The van der Waals surface area contributed by atoms with Crippen molar-refractivity contribution in [2.24, 2.45) is 11.7 Å². The first-order chi connectivity index (χ1) is 7.26. The second-order valence-electron chi connectivity index (χ2n) is 4.08. The SMILES string of the molecule is CCCCOC(=O)COC1CC(CN)C1. The van der Waals surface area contributed by atoms with Crippen LogP contribution < -0.4 is 5.73 Å². The van der Waals surface area contributed by atoms with Gasteiger partial charge in [0.1, 0.15) is 6.61 Å². The first-order valence-electron chi connectivity index (χ1n) is 5.73. The Morgan fingerprint density at radius 3 is 2.80 bits per heavy atom. The summed E-state index contributed by atoms with van der Waals surface area (Å²) in [4.78, 5) is 11.1. The van der Waals surface area contributed by atoms with E-state index in [1.807, 2.05) is 0 Å². The van der Waals surface area contributed by atoms with Gasteiger partial charge in [0.25, 0.3) is 0 Å². The van der Waals surface area contributed by atoms with Gasteiger partial charge in [-0.2, -0.15) is 0 Å². The topological polar surface area (TPSA) is 61.5 Å². The molecule has 2 N–H and O–H groups in total. The van der Waals surface area contributed by atoms with Gasteiger partial charge in [0.15, 0.2) is 0 Å². The third-order valence-corrected chi connectivity index (χ3v) is 2.72. The van der Waals surface area contributed by atoms with Crippen LogP contribution in [0.25, 0.3) is 0 Å². The zero-order valence-electron chi connectivity index (χ0n) is 9.41. The van der Waals surface area contributed by atoms with E-state index < -0.39 is 0 Å². The average Bonchev–Trinajstić information content (AvgIpc) is 2.16. The second-order valence-corrected chi connectivity index (χ2v) is 4.08. The van der Waals surface area contributed by atoms with E-state index in [9.17, 15) is 4.79 Å². The van der Waals surface area contributed by atoms with Crippen LogP contribution in [-0.4, -0.2) is 31.8 Å². The molecule has 0 saturated heterocycles. The standard InChI is InChI=1S/C11H21NO3/c1-2-3-4-14-11(13)8-15-10-5-9(6-10)7-12/h9-10H,2-8,12H2,1H3. The molecular formula is C11H21NO3. The molecule has 1 aliphatic carbocycles. The van der Waals surface area contributed by atoms with E-state index in [0.29, 0.717) is 12.5 Å². The summed E-state index contributed by atoms with van der Waals surface area (Å²) in [5.74, 6) is 0.339. The molecule has 15 heavy (non-hydrogen) atoms. The summed E-state index contributed by atoms with van der Waals surface area (Å²) in [6.07, 6.45) is 4.15. The highest BCUT2D eigenvalue weighted by molar-refractivity contribution is 5.70. The predicted octanol–water partition coefficient (Wildman–Crippen LogP) is 1.08. The van der Waals surface area contributed by atoms with Crippen LogP contribution in [0.2, 0.25) is 0 Å². The van der Waals surface area contributed by atoms with Crippen LogP contribution in [0.5, 0.6) is 0 Å². The molecule has 0 radical (unpaired) electrons. The lowest BCUT2D eigenvalue weighted by Crippen LogP contribution is -2.37. The van der Waals surface area contributed by atoms with Gasteiger partial charge in [-0.3, -0.25) is 0 Å². The maximum absolute atomic E-state index is 11.1. The number of hydrogen-bond acceptors (Lipinski definition) is 4. The Hall–Kier alpha value is -0.610. The molecule has 0 aromatic rings. The molecule has 0 atom stereocenters. The molecule has 88 valence electrons. The van der Waals surface area contributed by atoms with Crippen LogP contribution in [0.4, 0.5) is 0 Å². The molecule has 1 fully saturated rings. The molecule has 0 bridgehead atoms. The van der Waals surface area contributed by atoms with Crippen LogP contribution in [-0.2, 0) is 14.3 Å². The first-order valence-corrected chi connectivity index (χ1v) is 5.73. The molecule has 4 nitrogen and oxygen atoms in total. The number of esters is 1. The van der Waals surface area contributed by atoms with E-state index in [2.05, 4.69) is 6.92 Å². The van der Waals surface area contributed by atoms with Gasteiger partial charge < -0.3 is 15.2 Å². The van der Waals surface area contributed by atoms with Gasteiger partial charge in [0.05, 0.1) is 12.7 Å². The highest BCUT2D eigenvalue weighted by atomic mass is 16.6. The summed E-state index contributed by atoms with van der Waals surface area (Å²) in [5.41, 5.74) is 5.49. The zero-order chi connectivity index (χ0) is 11.1. The summed E-state index contributed by atoms with van der Waals surface area (Å²) in [7, 11) is 0. The second kappa shape index (κ2) is 6.80. The Balaban J connectivity index is 1.94. The summed E-state index contributed by atoms with van der Waals surface area (Å²) in [5, 5.41) is 0. The Morgan fingerprint density at radius 2 is 2.20 bits per heavy atom. The van der Waals surface area contributed by atoms with E-state index in [0.717, 1.165) is 32.2 Å². The summed E-state index contributed by atoms with van der Waals surface area (Å²) in [6.45, 7) is 3.38. The number of rotatable bonds is 7. The van der Waals surface area contributed by atoms with Crippen molar-refractivity contribution in [1.82, 2.24) is 0 Å². The summed E-state index contributed by atoms with van der Waals surface area (Å²) >= 11 is 0. The molecule has 4 heteroatoms. The molecule has 0 aliphatic heterocycles. The lowest BCUT2D eigenvalue weighted by molar-refractivity contribution is -0.154. The maximum Gasteiger partial charge on any atom is 0.332 e. The van der Waals surface area contributed by atoms with Crippen molar-refractivity contribution in [3.63, 3.8) is 0 Å². The molecule has 1 rings (SSSR count). The van der Waals surface area contributed by atoms with E-state index >= 15 is 0 Å². The minimum absolute atomic E-state index is 0.0890. The van der Waals surface area contributed by atoms with Crippen molar-refractivity contribution in [3.8, 4) is 0 Å². The minimum atomic E-state index is -0.250. The molecule has 1 saturated carbocycles. The highest BCUT2D eigenvalue weighted by Gasteiger charge is 2.29. The molecule has 0 aromatic carbocycles. The van der Waals surface area contributed by atoms with Crippen molar-refractivity contribution in [3.05, 3.63) is 0 Å². The van der Waals surface area contributed by atoms with Gasteiger partial charge in [0, 0.05) is 0 Å². The van der Waals surface area contributed by atoms with Crippen LogP contribution in [0.1, 0.15) is 32.6 Å². The number of hydrogen-bond donors (Lipinski definition) is 1. The Bertz CT molecular complexity index is 190. The van der Waals surface area contributed by atoms with Gasteiger partial charge in [-0.15, -0.1) is 0 Å². The molecule has 0 unspecified atom stereocenters. The third kappa shape index (κ3) is 4.62. The summed E-state index contributed by atoms with van der Waals surface area (Å²) < 4.78 is 10.3. The maximum atomic E-state index is 11.1. The molecule has 0 aromatic heterocycles. The van der Waals surface area contributed by atoms with Gasteiger partial charge in [-0.25, -0.2) is 4.79 Å². The van der Waals surface area contributed by atoms with Crippen molar-refractivity contribution >= 4 is 5.97 Å². The summed E-state index contributed by atoms with van der Waals surface area (Å²) in [6, 6.07) is 0. The zero-order valence-corrected chi connectivity index (χ0v) is 9.41. The molecule has 1 aliphatic rings. The molecule has 0 amide bonds. The van der Waals surface area contributed by atoms with Gasteiger partial charge >= 0.3 is 5.97 Å². The average molecular weight is 215 g/mol. The van der Waals surface area contributed by atoms with Crippen molar-refractivity contribution in [2.45, 2.75) is 38.7 Å². The number of ether oxygens (including phenoxy) is 2. The Labute approximate surface area is 91.1 Å². The van der Waals surface area contributed by atoms with Crippen molar-refractivity contribution in [1.29, 1.82) is 0 Å². The van der Waals surface area contributed by atoms with Gasteiger partial charge in [-0.05, 0) is 31.7 Å². The van der Waals surface area contributed by atoms with Gasteiger partial charge in [-0.1, -0.05) is 13.3 Å². The molecule has 0 spiro atoms. The smallest absolute Gasteiger partial charge is 0.332 e. The van der Waals surface area contributed by atoms with Crippen molar-refractivity contribution in [2.75, 3.05) is 19.8 Å². The van der Waals surface area contributed by atoms with Crippen LogP contribution in [0.15, 0.2) is 0 Å². The number of nitrogens with two attached hydrogens (primary N) is 1. The first kappa shape index (κ1) is 12.5. The predicted molar refractivity (Wildman–Crippen MR) is 57.4 cm³/mol. The lowest BCUT2D eigenvalue weighted by Gasteiger charge is -2.33. The van der Waals surface area contributed by atoms with Crippen LogP contribution >= 0.6 is 0 Å². The fraction of sp³-hybridized carbons (Fsp3) is 0.909. The fourth-order valence-corrected chi connectivity index (χ4v) is 1.56. The Kier molecular flexibility index (Phi) is 5.65. The fourth-order valence-electron chi connectivity index (χ4n) is 1.56. The van der Waals surface area contributed by atoms with E-state index in [-0.39, 0.29) is 18.7 Å². The van der Waals surface area contributed by atoms with Crippen LogP contribution in [0.3, 0.4) is 0 Å². The third-order valence-electron chi connectivity index (χ3n) is 2.72. The highest BCUT2D eigenvalue weighted by Crippen LogP contribution is 2.28.